The van der Waals surface area contributed by atoms with E-state index in [1.165, 1.54) is 13.9 Å². The van der Waals surface area contributed by atoms with E-state index in [1.54, 1.807) is 41.0 Å². The number of aromatic nitrogens is 6. The van der Waals surface area contributed by atoms with E-state index in [1.807, 2.05) is 4.90 Å². The van der Waals surface area contributed by atoms with Crippen molar-refractivity contribution in [1.82, 2.24) is 33.6 Å². The van der Waals surface area contributed by atoms with Crippen LogP contribution in [0.4, 0.5) is 0 Å². The number of aliphatic carboxylic acids is 1. The van der Waals surface area contributed by atoms with E-state index in [0.29, 0.717) is 63.8 Å². The lowest BCUT2D eigenvalue weighted by Crippen LogP contribution is -2.41. The Morgan fingerprint density at radius 2 is 1.08 bits per heavy atom. The van der Waals surface area contributed by atoms with E-state index >= 15 is 0 Å². The average Bonchev–Trinajstić information content (AvgIpc) is 3.75. The first-order chi connectivity index (χ1) is 23.0. The Morgan fingerprint density at radius 1 is 0.667 bits per heavy atom. The Bertz CT molecular complexity index is 1940. The lowest BCUT2D eigenvalue weighted by molar-refractivity contribution is -0.141. The molecule has 1 N–H and O–H groups in total. The molecule has 5 heterocycles. The number of hydrogen-bond acceptors (Lipinski definition) is 6. The molecule has 0 bridgehead atoms. The maximum Gasteiger partial charge on any atom is 0.347 e. The normalized spacial score (nSPS) is 18.5. The summed E-state index contributed by atoms with van der Waals surface area (Å²) in [5.41, 5.74) is 0.885. The lowest BCUT2D eigenvalue weighted by atomic mass is 10.0. The highest BCUT2D eigenvalue weighted by molar-refractivity contribution is 6.35. The van der Waals surface area contributed by atoms with Crippen LogP contribution in [0, 0.1) is 0 Å². The van der Waals surface area contributed by atoms with Crippen molar-refractivity contribution in [3.8, 4) is 0 Å². The van der Waals surface area contributed by atoms with Gasteiger partial charge in [-0.3, -0.25) is 13.9 Å². The van der Waals surface area contributed by atoms with Gasteiger partial charge < -0.3 is 10.0 Å². The molecule has 2 unspecified atom stereocenters. The van der Waals surface area contributed by atoms with Gasteiger partial charge in [0.15, 0.2) is 0 Å². The van der Waals surface area contributed by atoms with Crippen LogP contribution >= 0.6 is 46.4 Å². The Labute approximate surface area is 295 Å². The van der Waals surface area contributed by atoms with Gasteiger partial charge in [-0.25, -0.2) is 23.7 Å². The number of fused-ring (bicyclic) bond motifs is 2. The zero-order valence-electron chi connectivity index (χ0n) is 25.8. The lowest BCUT2D eigenvalue weighted by Gasteiger charge is -2.27. The Balaban J connectivity index is 0.000000170. The molecule has 0 saturated carbocycles. The van der Waals surface area contributed by atoms with Crippen molar-refractivity contribution in [2.45, 2.75) is 76.5 Å². The van der Waals surface area contributed by atoms with Crippen LogP contribution in [0.2, 0.25) is 20.1 Å². The molecule has 1 amide bonds. The number of carbonyl (C=O) groups is 2. The molecule has 0 radical (unpaired) electrons. The van der Waals surface area contributed by atoms with Gasteiger partial charge in [-0.15, -0.1) is 0 Å². The maximum atomic E-state index is 12.9. The standard InChI is InChI=1S/C18H20Cl2N4O2.C14H13Cl2N3O3/c19-13-8-12(9-14(20)10-13)11-23-18(26)24-15(4-3-5-16(24)21-23)17(25)22-6-1-2-7-22;15-9-4-8(5-10(16)6-9)7-18-14(22)19-11(13(20)21)2-1-3-12(19)17-18/h8-10,15H,1-7,11H2;4-6,11H,1-3,7H2,(H,20,21). The van der Waals surface area contributed by atoms with E-state index in [2.05, 4.69) is 10.2 Å². The molecule has 3 aliphatic heterocycles. The number of carbonyl (C=O) groups excluding carboxylic acids is 1. The summed E-state index contributed by atoms with van der Waals surface area (Å²) in [6.07, 6.45) is 6.09. The van der Waals surface area contributed by atoms with Crippen LogP contribution < -0.4 is 11.4 Å². The first-order valence-corrected chi connectivity index (χ1v) is 17.3. The molecular weight excluding hydrogens is 704 g/mol. The third-order valence-electron chi connectivity index (χ3n) is 8.76. The smallest absolute Gasteiger partial charge is 0.347 e. The fourth-order valence-corrected chi connectivity index (χ4v) is 7.78. The topological polar surface area (TPSA) is 137 Å². The number of likely N-dealkylation sites (tertiary alicyclic amines) is 1. The zero-order valence-corrected chi connectivity index (χ0v) is 28.9. The van der Waals surface area contributed by atoms with Crippen molar-refractivity contribution in [2.75, 3.05) is 13.1 Å². The Kier molecular flexibility index (Phi) is 10.4. The number of nitrogens with zero attached hydrogens (tertiary/aromatic N) is 7. The number of benzene rings is 2. The van der Waals surface area contributed by atoms with Gasteiger partial charge in [0.2, 0.25) is 5.91 Å². The molecule has 254 valence electrons. The maximum absolute atomic E-state index is 12.9. The predicted molar refractivity (Wildman–Crippen MR) is 182 cm³/mol. The highest BCUT2D eigenvalue weighted by atomic mass is 35.5. The number of aryl methyl sites for hydroxylation is 2. The molecule has 2 aromatic heterocycles. The summed E-state index contributed by atoms with van der Waals surface area (Å²) < 4.78 is 5.54. The van der Waals surface area contributed by atoms with Crippen molar-refractivity contribution < 1.29 is 14.7 Å². The third kappa shape index (κ3) is 7.36. The summed E-state index contributed by atoms with van der Waals surface area (Å²) >= 11 is 24.0. The Hall–Kier alpha value is -3.58. The SMILES string of the molecule is O=C(C1CCCc2nn(Cc3cc(Cl)cc(Cl)c3)c(=O)n21)N1CCCC1.O=C(O)C1CCCc2nn(Cc3cc(Cl)cc(Cl)c3)c(=O)n21. The quantitative estimate of drug-likeness (QED) is 0.285. The van der Waals surface area contributed by atoms with Crippen LogP contribution in [0.1, 0.15) is 73.4 Å². The highest BCUT2D eigenvalue weighted by Gasteiger charge is 2.34. The van der Waals surface area contributed by atoms with Gasteiger partial charge in [0.1, 0.15) is 23.7 Å². The number of rotatable bonds is 6. The second kappa shape index (κ2) is 14.5. The van der Waals surface area contributed by atoms with E-state index in [9.17, 15) is 24.3 Å². The highest BCUT2D eigenvalue weighted by Crippen LogP contribution is 2.27. The molecule has 1 fully saturated rings. The molecule has 1 saturated heterocycles. The van der Waals surface area contributed by atoms with Crippen molar-refractivity contribution >= 4 is 58.3 Å². The van der Waals surface area contributed by atoms with Gasteiger partial charge in [-0.2, -0.15) is 10.2 Å². The van der Waals surface area contributed by atoms with Gasteiger partial charge in [0, 0.05) is 46.0 Å². The first kappa shape index (κ1) is 34.3. The van der Waals surface area contributed by atoms with Crippen LogP contribution in [-0.4, -0.2) is 63.7 Å². The summed E-state index contributed by atoms with van der Waals surface area (Å²) in [6.45, 7) is 2.05. The number of hydrogen-bond donors (Lipinski definition) is 1. The molecule has 16 heteroatoms. The van der Waals surface area contributed by atoms with Gasteiger partial charge in [-0.05, 0) is 86.1 Å². The number of amides is 1. The van der Waals surface area contributed by atoms with Crippen LogP contribution in [0.5, 0.6) is 0 Å². The van der Waals surface area contributed by atoms with Crippen LogP contribution in [0.15, 0.2) is 46.0 Å². The molecule has 0 spiro atoms. The molecule has 4 aromatic rings. The van der Waals surface area contributed by atoms with E-state index in [4.69, 9.17) is 46.4 Å². The molecule has 12 nitrogen and oxygen atoms in total. The van der Waals surface area contributed by atoms with Crippen LogP contribution in [-0.2, 0) is 35.5 Å². The zero-order chi connectivity index (χ0) is 34.1. The van der Waals surface area contributed by atoms with Gasteiger partial charge in [0.25, 0.3) is 0 Å². The summed E-state index contributed by atoms with van der Waals surface area (Å²) in [7, 11) is 0. The van der Waals surface area contributed by atoms with Crippen LogP contribution in [0.25, 0.3) is 0 Å². The van der Waals surface area contributed by atoms with Gasteiger partial charge in [-0.1, -0.05) is 46.4 Å². The van der Waals surface area contributed by atoms with E-state index in [-0.39, 0.29) is 24.7 Å². The van der Waals surface area contributed by atoms with E-state index in [0.717, 1.165) is 43.5 Å². The minimum atomic E-state index is -1.01. The van der Waals surface area contributed by atoms with Gasteiger partial charge >= 0.3 is 17.3 Å². The van der Waals surface area contributed by atoms with Gasteiger partial charge in [0.05, 0.1) is 13.1 Å². The fraction of sp³-hybridized carbons (Fsp3) is 0.438. The molecule has 0 aliphatic carbocycles. The minimum absolute atomic E-state index is 0.0518. The summed E-state index contributed by atoms with van der Waals surface area (Å²) in [4.78, 5) is 51.4. The van der Waals surface area contributed by atoms with Crippen molar-refractivity contribution in [3.63, 3.8) is 0 Å². The fourth-order valence-electron chi connectivity index (χ4n) is 6.64. The van der Waals surface area contributed by atoms with Crippen molar-refractivity contribution in [2.24, 2.45) is 0 Å². The largest absolute Gasteiger partial charge is 0.480 e. The minimum Gasteiger partial charge on any atom is -0.480 e. The molecule has 3 aliphatic rings. The molecule has 2 aromatic carbocycles. The molecular formula is C32H33Cl4N7O5. The number of carboxylic acid groups (broad SMARTS) is 1. The van der Waals surface area contributed by atoms with E-state index < -0.39 is 23.7 Å². The first-order valence-electron chi connectivity index (χ1n) is 15.8. The van der Waals surface area contributed by atoms with Crippen molar-refractivity contribution in [1.29, 1.82) is 0 Å². The number of halogens is 4. The molecule has 48 heavy (non-hydrogen) atoms. The second-order valence-electron chi connectivity index (χ2n) is 12.2. The summed E-state index contributed by atoms with van der Waals surface area (Å²) in [5, 5.41) is 20.0. The Morgan fingerprint density at radius 3 is 1.52 bits per heavy atom. The molecule has 7 rings (SSSR count). The predicted octanol–water partition coefficient (Wildman–Crippen LogP) is 5.26. The third-order valence-corrected chi connectivity index (χ3v) is 9.63. The second-order valence-corrected chi connectivity index (χ2v) is 13.9. The van der Waals surface area contributed by atoms with Crippen LogP contribution in [0.3, 0.4) is 0 Å². The van der Waals surface area contributed by atoms with Crippen molar-refractivity contribution in [3.05, 3.63) is 100 Å². The molecule has 2 atom stereocenters. The summed E-state index contributed by atoms with van der Waals surface area (Å²) in [6, 6.07) is 8.93. The summed E-state index contributed by atoms with van der Waals surface area (Å²) in [5.74, 6) is 0.244. The number of carboxylic acids is 1. The monoisotopic (exact) mass is 735 g/mol. The average molecular weight is 737 g/mol.